The molecule has 1 unspecified atom stereocenters. The van der Waals surface area contributed by atoms with Crippen LogP contribution in [0.15, 0.2) is 12.1 Å². The third kappa shape index (κ3) is 8.83. The highest BCUT2D eigenvalue weighted by molar-refractivity contribution is 5.27. The zero-order valence-electron chi connectivity index (χ0n) is 18.2. The van der Waals surface area contributed by atoms with Gasteiger partial charge in [-0.2, -0.15) is 0 Å². The summed E-state index contributed by atoms with van der Waals surface area (Å²) in [6.45, 7) is 8.57. The van der Waals surface area contributed by atoms with Crippen LogP contribution in [0.1, 0.15) is 44.5 Å². The van der Waals surface area contributed by atoms with Gasteiger partial charge in [-0.25, -0.2) is 0 Å². The van der Waals surface area contributed by atoms with E-state index in [4.69, 9.17) is 33.2 Å². The van der Waals surface area contributed by atoms with E-state index in [2.05, 4.69) is 4.98 Å². The Bertz CT molecular complexity index is 571. The van der Waals surface area contributed by atoms with E-state index < -0.39 is 0 Å². The Morgan fingerprint density at radius 3 is 1.93 bits per heavy atom. The zero-order valence-corrected chi connectivity index (χ0v) is 18.2. The lowest BCUT2D eigenvalue weighted by Crippen LogP contribution is -2.25. The molecule has 0 aliphatic carbocycles. The summed E-state index contributed by atoms with van der Waals surface area (Å²) in [7, 11) is 0. The third-order valence-corrected chi connectivity index (χ3v) is 4.79. The van der Waals surface area contributed by atoms with Crippen molar-refractivity contribution in [3.8, 4) is 5.75 Å². The van der Waals surface area contributed by atoms with Gasteiger partial charge in [-0.3, -0.25) is 4.98 Å². The summed E-state index contributed by atoms with van der Waals surface area (Å²) in [4.78, 5) is 4.69. The summed E-state index contributed by atoms with van der Waals surface area (Å²) in [5.74, 6) is 0.730. The molecule has 2 bridgehead atoms. The van der Waals surface area contributed by atoms with Crippen molar-refractivity contribution in [3.63, 3.8) is 0 Å². The highest BCUT2D eigenvalue weighted by Crippen LogP contribution is 2.22. The maximum atomic E-state index is 6.07. The standard InChI is InChI=1S/C22H35NO7/c1-17-13-25-9-7-24-8-10-26-14-18(2)29-16-20-12-21(11-19(23-20)15-28-17)30-22-5-3-4-6-27-22/h11-12,17-18,22H,3-10,13-16H2,1-2H3/t17-,18-,22?/m0/s1. The van der Waals surface area contributed by atoms with Crippen molar-refractivity contribution < 1.29 is 33.2 Å². The molecule has 0 spiro atoms. The zero-order chi connectivity index (χ0) is 21.0. The molecule has 3 atom stereocenters. The van der Waals surface area contributed by atoms with E-state index in [9.17, 15) is 0 Å². The molecule has 1 aromatic heterocycles. The lowest BCUT2D eigenvalue weighted by Gasteiger charge is -2.24. The number of hydrogen-bond donors (Lipinski definition) is 0. The highest BCUT2D eigenvalue weighted by atomic mass is 16.7. The van der Waals surface area contributed by atoms with Crippen LogP contribution < -0.4 is 4.74 Å². The van der Waals surface area contributed by atoms with Crippen molar-refractivity contribution in [2.75, 3.05) is 46.2 Å². The third-order valence-electron chi connectivity index (χ3n) is 4.79. The predicted octanol–water partition coefficient (Wildman–Crippen LogP) is 2.86. The lowest BCUT2D eigenvalue weighted by molar-refractivity contribution is -0.106. The highest BCUT2D eigenvalue weighted by Gasteiger charge is 2.17. The minimum Gasteiger partial charge on any atom is -0.465 e. The minimum atomic E-state index is -0.212. The Morgan fingerprint density at radius 2 is 1.37 bits per heavy atom. The summed E-state index contributed by atoms with van der Waals surface area (Å²) >= 11 is 0. The van der Waals surface area contributed by atoms with Crippen LogP contribution in [0.25, 0.3) is 0 Å². The molecule has 30 heavy (non-hydrogen) atoms. The molecule has 1 fully saturated rings. The maximum Gasteiger partial charge on any atom is 0.199 e. The summed E-state index contributed by atoms with van der Waals surface area (Å²) in [5, 5.41) is 0. The Morgan fingerprint density at radius 1 is 0.767 bits per heavy atom. The summed E-state index contributed by atoms with van der Waals surface area (Å²) in [6.07, 6.45) is 2.77. The molecule has 3 heterocycles. The molecule has 2 aliphatic heterocycles. The van der Waals surface area contributed by atoms with E-state index in [1.165, 1.54) is 0 Å². The molecule has 170 valence electrons. The normalized spacial score (nSPS) is 28.3. The molecule has 0 aromatic carbocycles. The van der Waals surface area contributed by atoms with Gasteiger partial charge in [0.2, 0.25) is 0 Å². The number of ether oxygens (including phenoxy) is 7. The monoisotopic (exact) mass is 425 g/mol. The first kappa shape index (κ1) is 23.4. The first-order chi connectivity index (χ1) is 14.7. The van der Waals surface area contributed by atoms with Gasteiger partial charge in [0.25, 0.3) is 0 Å². The van der Waals surface area contributed by atoms with Gasteiger partial charge >= 0.3 is 0 Å². The van der Waals surface area contributed by atoms with E-state index in [0.717, 1.165) is 43.0 Å². The first-order valence-corrected chi connectivity index (χ1v) is 10.9. The van der Waals surface area contributed by atoms with Crippen molar-refractivity contribution in [1.29, 1.82) is 0 Å². The van der Waals surface area contributed by atoms with Crippen LogP contribution >= 0.6 is 0 Å². The average molecular weight is 426 g/mol. The van der Waals surface area contributed by atoms with Crippen molar-refractivity contribution in [2.45, 2.75) is 64.8 Å². The van der Waals surface area contributed by atoms with E-state index in [1.807, 2.05) is 26.0 Å². The van der Waals surface area contributed by atoms with Gasteiger partial charge in [0.15, 0.2) is 6.29 Å². The van der Waals surface area contributed by atoms with Crippen LogP contribution in [-0.4, -0.2) is 69.7 Å². The Balaban J connectivity index is 1.65. The number of rotatable bonds is 2. The van der Waals surface area contributed by atoms with Crippen molar-refractivity contribution in [2.24, 2.45) is 0 Å². The summed E-state index contributed by atoms with van der Waals surface area (Å²) < 4.78 is 40.3. The number of pyridine rings is 1. The second-order valence-electron chi connectivity index (χ2n) is 7.70. The van der Waals surface area contributed by atoms with E-state index >= 15 is 0 Å². The lowest BCUT2D eigenvalue weighted by atomic mass is 10.2. The quantitative estimate of drug-likeness (QED) is 0.716. The molecule has 0 N–H and O–H groups in total. The molecular weight excluding hydrogens is 390 g/mol. The molecular formula is C22H35NO7. The van der Waals surface area contributed by atoms with Crippen LogP contribution in [0, 0.1) is 0 Å². The topological polar surface area (TPSA) is 77.5 Å². The van der Waals surface area contributed by atoms with Gasteiger partial charge in [0.05, 0.1) is 83.1 Å². The van der Waals surface area contributed by atoms with Crippen LogP contribution in [-0.2, 0) is 41.6 Å². The Hall–Kier alpha value is -1.29. The molecule has 8 nitrogen and oxygen atoms in total. The van der Waals surface area contributed by atoms with Crippen molar-refractivity contribution >= 4 is 0 Å². The summed E-state index contributed by atoms with van der Waals surface area (Å²) in [6, 6.07) is 3.82. The number of nitrogens with zero attached hydrogens (tertiary/aromatic N) is 1. The average Bonchev–Trinajstić information content (AvgIpc) is 2.75. The molecule has 1 saturated heterocycles. The van der Waals surface area contributed by atoms with Crippen molar-refractivity contribution in [1.82, 2.24) is 4.98 Å². The van der Waals surface area contributed by atoms with Crippen LogP contribution in [0.3, 0.4) is 0 Å². The molecule has 3 rings (SSSR count). The van der Waals surface area contributed by atoms with Gasteiger partial charge in [0, 0.05) is 18.6 Å². The van der Waals surface area contributed by atoms with Gasteiger partial charge in [-0.05, 0) is 26.7 Å². The number of fused-ring (bicyclic) bond motifs is 2. The fourth-order valence-corrected chi connectivity index (χ4v) is 3.18. The maximum absolute atomic E-state index is 6.07. The molecule has 1 aromatic rings. The number of aromatic nitrogens is 1. The molecule has 0 amide bonds. The van der Waals surface area contributed by atoms with E-state index in [0.29, 0.717) is 52.9 Å². The Labute approximate surface area is 179 Å². The Kier molecular flexibility index (Phi) is 10.3. The van der Waals surface area contributed by atoms with E-state index in [1.54, 1.807) is 0 Å². The molecule has 2 aliphatic rings. The molecule has 8 heteroatoms. The van der Waals surface area contributed by atoms with Crippen molar-refractivity contribution in [3.05, 3.63) is 23.5 Å². The second-order valence-corrected chi connectivity index (χ2v) is 7.70. The van der Waals surface area contributed by atoms with E-state index in [-0.39, 0.29) is 18.5 Å². The minimum absolute atomic E-state index is 0.0556. The second kappa shape index (κ2) is 13.2. The van der Waals surface area contributed by atoms with Gasteiger partial charge in [-0.1, -0.05) is 0 Å². The first-order valence-electron chi connectivity index (χ1n) is 10.9. The molecule has 0 radical (unpaired) electrons. The number of hydrogen-bond acceptors (Lipinski definition) is 8. The van der Waals surface area contributed by atoms with Crippen LogP contribution in [0.4, 0.5) is 0 Å². The molecule has 0 saturated carbocycles. The van der Waals surface area contributed by atoms with Gasteiger partial charge < -0.3 is 33.2 Å². The van der Waals surface area contributed by atoms with Crippen LogP contribution in [0.2, 0.25) is 0 Å². The smallest absolute Gasteiger partial charge is 0.199 e. The fraction of sp³-hybridized carbons (Fsp3) is 0.773. The SMILES string of the molecule is C[C@H]1COCCOCCOC[C@H](C)OCc2cc(OC3CCCCO3)cc(n2)CO1. The summed E-state index contributed by atoms with van der Waals surface area (Å²) in [5.41, 5.74) is 1.59. The largest absolute Gasteiger partial charge is 0.465 e. The van der Waals surface area contributed by atoms with Gasteiger partial charge in [-0.15, -0.1) is 0 Å². The predicted molar refractivity (Wildman–Crippen MR) is 109 cm³/mol. The van der Waals surface area contributed by atoms with Gasteiger partial charge in [0.1, 0.15) is 5.75 Å². The van der Waals surface area contributed by atoms with Crippen LogP contribution in [0.5, 0.6) is 5.75 Å². The fourth-order valence-electron chi connectivity index (χ4n) is 3.18.